The summed E-state index contributed by atoms with van der Waals surface area (Å²) < 4.78 is 19.3. The quantitative estimate of drug-likeness (QED) is 0.923. The van der Waals surface area contributed by atoms with Crippen LogP contribution in [0.3, 0.4) is 0 Å². The number of pyridine rings is 1. The summed E-state index contributed by atoms with van der Waals surface area (Å²) in [7, 11) is 0. The summed E-state index contributed by atoms with van der Waals surface area (Å²) in [5, 5.41) is 3.36. The van der Waals surface area contributed by atoms with Crippen LogP contribution < -0.4 is 10.1 Å². The van der Waals surface area contributed by atoms with Crippen molar-refractivity contribution in [2.24, 2.45) is 17.8 Å². The van der Waals surface area contributed by atoms with E-state index in [4.69, 9.17) is 4.74 Å². The van der Waals surface area contributed by atoms with Gasteiger partial charge in [0.15, 0.2) is 5.82 Å². The van der Waals surface area contributed by atoms with E-state index in [1.165, 1.54) is 18.6 Å². The fraction of sp³-hybridized carbons (Fsp3) is 0.400. The molecule has 0 spiro atoms. The number of hydrogen-bond donors (Lipinski definition) is 1. The smallest absolute Gasteiger partial charge is 0.232 e. The van der Waals surface area contributed by atoms with Crippen LogP contribution in [0.25, 0.3) is 11.3 Å². The molecule has 1 N–H and O–H groups in total. The number of hydrogen-bond acceptors (Lipinski definition) is 5. The SMILES string of the molecule is Fc1cnccc1-c1cnc(OCC2C3CNC[C@H]32)cn1. The fourth-order valence-electron chi connectivity index (χ4n) is 3.09. The van der Waals surface area contributed by atoms with Gasteiger partial charge in [-0.15, -0.1) is 0 Å². The average Bonchev–Trinajstić information content (AvgIpc) is 2.94. The van der Waals surface area contributed by atoms with Gasteiger partial charge in [-0.25, -0.2) is 14.4 Å². The van der Waals surface area contributed by atoms with Gasteiger partial charge >= 0.3 is 0 Å². The molecule has 108 valence electrons. The lowest BCUT2D eigenvalue weighted by molar-refractivity contribution is 0.269. The van der Waals surface area contributed by atoms with Gasteiger partial charge in [-0.1, -0.05) is 0 Å². The summed E-state index contributed by atoms with van der Waals surface area (Å²) in [4.78, 5) is 12.1. The second kappa shape index (κ2) is 5.04. The molecule has 1 aliphatic heterocycles. The summed E-state index contributed by atoms with van der Waals surface area (Å²) in [5.41, 5.74) is 0.876. The number of nitrogens with one attached hydrogen (secondary N) is 1. The Morgan fingerprint density at radius 3 is 2.76 bits per heavy atom. The lowest BCUT2D eigenvalue weighted by Crippen LogP contribution is -2.17. The van der Waals surface area contributed by atoms with Crippen LogP contribution >= 0.6 is 0 Å². The predicted molar refractivity (Wildman–Crippen MR) is 74.1 cm³/mol. The third kappa shape index (κ3) is 2.35. The molecule has 2 aromatic heterocycles. The van der Waals surface area contributed by atoms with Crippen molar-refractivity contribution in [2.45, 2.75) is 0 Å². The van der Waals surface area contributed by atoms with Crippen molar-refractivity contribution < 1.29 is 9.13 Å². The van der Waals surface area contributed by atoms with Crippen LogP contribution in [0.5, 0.6) is 5.88 Å². The van der Waals surface area contributed by atoms with Crippen LogP contribution in [0, 0.1) is 23.6 Å². The normalized spacial score (nSPS) is 26.4. The number of aromatic nitrogens is 3. The van der Waals surface area contributed by atoms with E-state index in [0.717, 1.165) is 24.9 Å². The lowest BCUT2D eigenvalue weighted by atomic mass is 10.2. The van der Waals surface area contributed by atoms with Gasteiger partial charge in [-0.05, 0) is 31.0 Å². The zero-order valence-electron chi connectivity index (χ0n) is 11.4. The molecule has 0 amide bonds. The highest BCUT2D eigenvalue weighted by molar-refractivity contribution is 5.57. The van der Waals surface area contributed by atoms with Gasteiger partial charge in [0, 0.05) is 17.7 Å². The molecule has 0 aromatic carbocycles. The molecule has 1 saturated carbocycles. The number of piperidine rings is 1. The van der Waals surface area contributed by atoms with Gasteiger partial charge in [0.1, 0.15) is 0 Å². The first-order chi connectivity index (χ1) is 10.3. The highest BCUT2D eigenvalue weighted by atomic mass is 19.1. The average molecular weight is 286 g/mol. The van der Waals surface area contributed by atoms with Crippen LogP contribution in [-0.4, -0.2) is 34.6 Å². The van der Waals surface area contributed by atoms with Crippen LogP contribution in [0.15, 0.2) is 30.9 Å². The number of ether oxygens (including phenoxy) is 1. The third-order valence-electron chi connectivity index (χ3n) is 4.37. The molecule has 21 heavy (non-hydrogen) atoms. The Morgan fingerprint density at radius 2 is 2.05 bits per heavy atom. The van der Waals surface area contributed by atoms with Gasteiger partial charge in [-0.2, -0.15) is 0 Å². The van der Waals surface area contributed by atoms with E-state index in [0.29, 0.717) is 29.7 Å². The van der Waals surface area contributed by atoms with Crippen molar-refractivity contribution in [1.82, 2.24) is 20.3 Å². The first-order valence-electron chi connectivity index (χ1n) is 7.08. The van der Waals surface area contributed by atoms with Crippen molar-refractivity contribution in [2.75, 3.05) is 19.7 Å². The lowest BCUT2D eigenvalue weighted by Gasteiger charge is -2.07. The van der Waals surface area contributed by atoms with E-state index in [9.17, 15) is 4.39 Å². The molecule has 0 radical (unpaired) electrons. The molecule has 6 heteroatoms. The maximum absolute atomic E-state index is 13.6. The molecule has 5 nitrogen and oxygen atoms in total. The predicted octanol–water partition coefficient (Wildman–Crippen LogP) is 1.52. The first-order valence-corrected chi connectivity index (χ1v) is 7.08. The van der Waals surface area contributed by atoms with Gasteiger partial charge in [-0.3, -0.25) is 4.98 Å². The highest BCUT2D eigenvalue weighted by Gasteiger charge is 2.53. The van der Waals surface area contributed by atoms with Crippen LogP contribution in [0.1, 0.15) is 0 Å². The summed E-state index contributed by atoms with van der Waals surface area (Å²) in [6.45, 7) is 2.89. The first kappa shape index (κ1) is 12.6. The molecule has 3 heterocycles. The summed E-state index contributed by atoms with van der Waals surface area (Å²) in [6, 6.07) is 1.58. The molecule has 3 atom stereocenters. The molecule has 2 aromatic rings. The number of nitrogens with zero attached hydrogens (tertiary/aromatic N) is 3. The molecule has 2 aliphatic rings. The van der Waals surface area contributed by atoms with Crippen molar-refractivity contribution in [3.05, 3.63) is 36.7 Å². The zero-order chi connectivity index (χ0) is 14.2. The Bertz CT molecular complexity index is 638. The monoisotopic (exact) mass is 286 g/mol. The standard InChI is InChI=1S/C15H15FN4O/c16-13-5-17-2-1-9(13)14-6-20-15(7-19-14)21-8-12-10-3-18-4-11(10)12/h1-2,5-7,10-12,18H,3-4,8H2/t10-,11?,12?/m1/s1. The summed E-state index contributed by atoms with van der Waals surface area (Å²) >= 11 is 0. The Labute approximate surface area is 121 Å². The van der Waals surface area contributed by atoms with E-state index in [1.54, 1.807) is 12.3 Å². The molecular weight excluding hydrogens is 271 g/mol. The maximum Gasteiger partial charge on any atom is 0.232 e. The Kier molecular flexibility index (Phi) is 3.03. The topological polar surface area (TPSA) is 59.9 Å². The maximum atomic E-state index is 13.6. The fourth-order valence-corrected chi connectivity index (χ4v) is 3.09. The minimum Gasteiger partial charge on any atom is -0.476 e. The van der Waals surface area contributed by atoms with Crippen LogP contribution in [0.4, 0.5) is 4.39 Å². The molecule has 1 saturated heterocycles. The van der Waals surface area contributed by atoms with Crippen molar-refractivity contribution in [3.8, 4) is 17.1 Å². The van der Waals surface area contributed by atoms with Crippen molar-refractivity contribution in [3.63, 3.8) is 0 Å². The van der Waals surface area contributed by atoms with Crippen molar-refractivity contribution >= 4 is 0 Å². The van der Waals surface area contributed by atoms with Gasteiger partial charge < -0.3 is 10.1 Å². The van der Waals surface area contributed by atoms with E-state index in [2.05, 4.69) is 20.3 Å². The summed E-state index contributed by atoms with van der Waals surface area (Å²) in [5.74, 6) is 2.27. The molecule has 2 fully saturated rings. The highest BCUT2D eigenvalue weighted by Crippen LogP contribution is 2.48. The Hall–Kier alpha value is -2.08. The van der Waals surface area contributed by atoms with Gasteiger partial charge in [0.25, 0.3) is 0 Å². The number of halogens is 1. The number of fused-ring (bicyclic) bond motifs is 1. The number of rotatable bonds is 4. The summed E-state index contributed by atoms with van der Waals surface area (Å²) in [6.07, 6.45) is 5.78. The van der Waals surface area contributed by atoms with Crippen LogP contribution in [-0.2, 0) is 0 Å². The van der Waals surface area contributed by atoms with Crippen LogP contribution in [0.2, 0.25) is 0 Å². The third-order valence-corrected chi connectivity index (χ3v) is 4.37. The second-order valence-electron chi connectivity index (χ2n) is 5.56. The molecule has 2 unspecified atom stereocenters. The van der Waals surface area contributed by atoms with Crippen molar-refractivity contribution in [1.29, 1.82) is 0 Å². The van der Waals surface area contributed by atoms with Gasteiger partial charge in [0.2, 0.25) is 5.88 Å². The molecule has 4 rings (SSSR count). The van der Waals surface area contributed by atoms with Gasteiger partial charge in [0.05, 0.1) is 30.9 Å². The Morgan fingerprint density at radius 1 is 1.19 bits per heavy atom. The van der Waals surface area contributed by atoms with E-state index in [-0.39, 0.29) is 0 Å². The minimum atomic E-state index is -0.404. The molecular formula is C15H15FN4O. The second-order valence-corrected chi connectivity index (χ2v) is 5.56. The minimum absolute atomic E-state index is 0.395. The van der Waals surface area contributed by atoms with E-state index in [1.807, 2.05) is 0 Å². The largest absolute Gasteiger partial charge is 0.476 e. The Balaban J connectivity index is 1.41. The molecule has 0 bridgehead atoms. The van der Waals surface area contributed by atoms with E-state index < -0.39 is 5.82 Å². The van der Waals surface area contributed by atoms with E-state index >= 15 is 0 Å². The zero-order valence-corrected chi connectivity index (χ0v) is 11.4. The molecule has 1 aliphatic carbocycles.